The smallest absolute Gasteiger partial charge is 0.268 e. The van der Waals surface area contributed by atoms with Crippen molar-refractivity contribution in [2.75, 3.05) is 13.7 Å². The summed E-state index contributed by atoms with van der Waals surface area (Å²) in [4.78, 5) is 16.6. The highest BCUT2D eigenvalue weighted by Crippen LogP contribution is 2.04. The molecular formula is C11H14FNO2. The van der Waals surface area contributed by atoms with Crippen molar-refractivity contribution in [1.82, 2.24) is 5.06 Å². The fourth-order valence-electron chi connectivity index (χ4n) is 1.04. The second kappa shape index (κ2) is 5.46. The molecule has 1 amide bonds. The Morgan fingerprint density at radius 3 is 2.60 bits per heavy atom. The average molecular weight is 211 g/mol. The van der Waals surface area contributed by atoms with Gasteiger partial charge in [-0.05, 0) is 19.1 Å². The molecule has 0 N–H and O–H groups in total. The van der Waals surface area contributed by atoms with Gasteiger partial charge < -0.3 is 0 Å². The lowest BCUT2D eigenvalue weighted by Crippen LogP contribution is -2.29. The molecule has 0 aromatic heterocycles. The summed E-state index contributed by atoms with van der Waals surface area (Å²) in [5.74, 6) is -0.281. The van der Waals surface area contributed by atoms with Gasteiger partial charge in [0.25, 0.3) is 5.91 Å². The largest absolute Gasteiger partial charge is 0.277 e. The van der Waals surface area contributed by atoms with Crippen LogP contribution in [0.3, 0.4) is 0 Å². The van der Waals surface area contributed by atoms with Crippen molar-refractivity contribution in [1.29, 1.82) is 0 Å². The van der Waals surface area contributed by atoms with E-state index >= 15 is 0 Å². The monoisotopic (exact) mass is 211 g/mol. The second-order valence-corrected chi connectivity index (χ2v) is 3.25. The molecule has 0 spiro atoms. The maximum absolute atomic E-state index is 12.5. The Hall–Kier alpha value is -1.42. The summed E-state index contributed by atoms with van der Waals surface area (Å²) in [7, 11) is 1.47. The van der Waals surface area contributed by atoms with Gasteiger partial charge in [0.2, 0.25) is 0 Å². The van der Waals surface area contributed by atoms with Crippen molar-refractivity contribution >= 4 is 5.91 Å². The van der Waals surface area contributed by atoms with Crippen molar-refractivity contribution in [2.45, 2.75) is 13.1 Å². The highest BCUT2D eigenvalue weighted by atomic mass is 19.1. The van der Waals surface area contributed by atoms with Crippen LogP contribution in [0.25, 0.3) is 0 Å². The Bertz CT molecular complexity index is 314. The summed E-state index contributed by atoms with van der Waals surface area (Å²) in [6.45, 7) is 1.26. The van der Waals surface area contributed by atoms with Gasteiger partial charge in [0.15, 0.2) is 0 Å². The van der Waals surface area contributed by atoms with Crippen molar-refractivity contribution in [2.24, 2.45) is 0 Å². The summed E-state index contributed by atoms with van der Waals surface area (Å²) in [6.07, 6.45) is -1.09. The van der Waals surface area contributed by atoms with Gasteiger partial charge >= 0.3 is 0 Å². The standard InChI is InChI=1S/C11H14FNO2/c1-9(12)8-15-13(2)11(14)10-6-4-3-5-7-10/h3-7,9H,8H2,1-2H3. The Kier molecular flexibility index (Phi) is 4.24. The maximum Gasteiger partial charge on any atom is 0.277 e. The number of nitrogens with zero attached hydrogens (tertiary/aromatic N) is 1. The summed E-state index contributed by atoms with van der Waals surface area (Å²) in [5, 5.41) is 1.05. The topological polar surface area (TPSA) is 29.5 Å². The average Bonchev–Trinajstić information content (AvgIpc) is 2.26. The number of rotatable bonds is 4. The van der Waals surface area contributed by atoms with E-state index in [0.29, 0.717) is 5.56 Å². The van der Waals surface area contributed by atoms with E-state index in [1.165, 1.54) is 14.0 Å². The van der Waals surface area contributed by atoms with Gasteiger partial charge in [0.1, 0.15) is 12.8 Å². The number of hydrogen-bond donors (Lipinski definition) is 0. The number of hydrogen-bond acceptors (Lipinski definition) is 2. The molecule has 0 saturated carbocycles. The Labute approximate surface area is 88.4 Å². The maximum atomic E-state index is 12.5. The van der Waals surface area contributed by atoms with Crippen LogP contribution in [0.2, 0.25) is 0 Å². The van der Waals surface area contributed by atoms with Gasteiger partial charge in [-0.1, -0.05) is 18.2 Å². The van der Waals surface area contributed by atoms with Crippen molar-refractivity contribution in [3.8, 4) is 0 Å². The molecule has 1 aromatic carbocycles. The normalized spacial score (nSPS) is 12.2. The predicted molar refractivity (Wildman–Crippen MR) is 55.1 cm³/mol. The molecule has 1 unspecified atom stereocenters. The SMILES string of the molecule is CC(F)CON(C)C(=O)c1ccccc1. The lowest BCUT2D eigenvalue weighted by molar-refractivity contribution is -0.118. The zero-order valence-corrected chi connectivity index (χ0v) is 8.81. The van der Waals surface area contributed by atoms with Gasteiger partial charge in [0.05, 0.1) is 0 Å². The number of halogens is 1. The number of carbonyl (C=O) groups excluding carboxylic acids is 1. The van der Waals surface area contributed by atoms with Gasteiger partial charge in [-0.25, -0.2) is 9.45 Å². The van der Waals surface area contributed by atoms with Gasteiger partial charge in [0, 0.05) is 12.6 Å². The van der Waals surface area contributed by atoms with Crippen molar-refractivity contribution < 1.29 is 14.0 Å². The molecule has 3 nitrogen and oxygen atoms in total. The first kappa shape index (κ1) is 11.7. The molecule has 0 radical (unpaired) electrons. The minimum atomic E-state index is -1.09. The molecule has 82 valence electrons. The number of hydroxylamine groups is 2. The third kappa shape index (κ3) is 3.67. The van der Waals surface area contributed by atoms with Crippen LogP contribution < -0.4 is 0 Å². The van der Waals surface area contributed by atoms with E-state index in [9.17, 15) is 9.18 Å². The first-order chi connectivity index (χ1) is 7.11. The van der Waals surface area contributed by atoms with Crippen LogP contribution in [-0.4, -0.2) is 30.8 Å². The second-order valence-electron chi connectivity index (χ2n) is 3.25. The van der Waals surface area contributed by atoms with E-state index in [-0.39, 0.29) is 12.5 Å². The van der Waals surface area contributed by atoms with Crippen molar-refractivity contribution in [3.63, 3.8) is 0 Å². The van der Waals surface area contributed by atoms with Crippen LogP contribution >= 0.6 is 0 Å². The molecule has 1 atom stereocenters. The van der Waals surface area contributed by atoms with Crippen molar-refractivity contribution in [3.05, 3.63) is 35.9 Å². The highest BCUT2D eigenvalue weighted by molar-refractivity contribution is 5.93. The first-order valence-electron chi connectivity index (χ1n) is 4.71. The highest BCUT2D eigenvalue weighted by Gasteiger charge is 2.12. The van der Waals surface area contributed by atoms with Crippen LogP contribution in [0.4, 0.5) is 4.39 Å². The van der Waals surface area contributed by atoms with E-state index in [1.54, 1.807) is 24.3 Å². The number of carbonyl (C=O) groups is 1. The predicted octanol–water partition coefficient (Wildman–Crippen LogP) is 2.05. The summed E-state index contributed by atoms with van der Waals surface area (Å²) < 4.78 is 12.5. The molecule has 0 bridgehead atoms. The Balaban J connectivity index is 2.54. The van der Waals surface area contributed by atoms with Crippen LogP contribution in [0.15, 0.2) is 30.3 Å². The molecule has 1 aromatic rings. The van der Waals surface area contributed by atoms with E-state index in [2.05, 4.69) is 0 Å². The number of alkyl halides is 1. The minimum absolute atomic E-state index is 0.116. The zero-order chi connectivity index (χ0) is 11.3. The van der Waals surface area contributed by atoms with Gasteiger partial charge in [-0.3, -0.25) is 9.63 Å². The van der Waals surface area contributed by atoms with Crippen LogP contribution in [-0.2, 0) is 4.84 Å². The summed E-state index contributed by atoms with van der Waals surface area (Å²) >= 11 is 0. The summed E-state index contributed by atoms with van der Waals surface area (Å²) in [6, 6.07) is 8.71. The lowest BCUT2D eigenvalue weighted by atomic mass is 10.2. The van der Waals surface area contributed by atoms with Gasteiger partial charge in [-0.15, -0.1) is 0 Å². The fourth-order valence-corrected chi connectivity index (χ4v) is 1.04. The summed E-state index contributed by atoms with van der Waals surface area (Å²) in [5.41, 5.74) is 0.520. The van der Waals surface area contributed by atoms with E-state index in [0.717, 1.165) is 5.06 Å². The number of benzene rings is 1. The molecule has 0 saturated heterocycles. The van der Waals surface area contributed by atoms with Crippen LogP contribution in [0, 0.1) is 0 Å². The van der Waals surface area contributed by atoms with Crippen LogP contribution in [0.1, 0.15) is 17.3 Å². The fraction of sp³-hybridized carbons (Fsp3) is 0.364. The Morgan fingerprint density at radius 2 is 2.07 bits per heavy atom. The van der Waals surface area contributed by atoms with E-state index in [1.807, 2.05) is 6.07 Å². The number of amides is 1. The molecule has 0 fully saturated rings. The minimum Gasteiger partial charge on any atom is -0.268 e. The zero-order valence-electron chi connectivity index (χ0n) is 8.81. The molecule has 4 heteroatoms. The molecule has 0 aliphatic heterocycles. The lowest BCUT2D eigenvalue weighted by Gasteiger charge is -2.17. The van der Waals surface area contributed by atoms with Crippen LogP contribution in [0.5, 0.6) is 0 Å². The Morgan fingerprint density at radius 1 is 1.47 bits per heavy atom. The van der Waals surface area contributed by atoms with E-state index in [4.69, 9.17) is 4.84 Å². The third-order valence-electron chi connectivity index (χ3n) is 1.80. The molecule has 1 rings (SSSR count). The van der Waals surface area contributed by atoms with Gasteiger partial charge in [-0.2, -0.15) is 0 Å². The van der Waals surface area contributed by atoms with E-state index < -0.39 is 6.17 Å². The molecule has 15 heavy (non-hydrogen) atoms. The first-order valence-corrected chi connectivity index (χ1v) is 4.71. The molecule has 0 aliphatic rings. The third-order valence-corrected chi connectivity index (χ3v) is 1.80. The molecule has 0 heterocycles. The quantitative estimate of drug-likeness (QED) is 0.713. The molecular weight excluding hydrogens is 197 g/mol. The molecule has 0 aliphatic carbocycles.